The Morgan fingerprint density at radius 1 is 1.26 bits per heavy atom. The number of esters is 1. The third-order valence-corrected chi connectivity index (χ3v) is 3.95. The van der Waals surface area contributed by atoms with Crippen molar-refractivity contribution in [2.45, 2.75) is 33.1 Å². The van der Waals surface area contributed by atoms with Gasteiger partial charge in [-0.3, -0.25) is 0 Å². The molecule has 1 aromatic carbocycles. The van der Waals surface area contributed by atoms with Gasteiger partial charge in [0.1, 0.15) is 0 Å². The zero-order valence-corrected chi connectivity index (χ0v) is 12.4. The molecular weight excluding hydrogens is 260 g/mol. The molecule has 0 saturated carbocycles. The molecule has 0 bridgehead atoms. The van der Waals surface area contributed by atoms with Gasteiger partial charge in [-0.25, -0.2) is 4.79 Å². The van der Waals surface area contributed by atoms with E-state index in [4.69, 9.17) is 16.3 Å². The monoisotopic (exact) mass is 278 g/mol. The van der Waals surface area contributed by atoms with Crippen LogP contribution in [0, 0.1) is 5.41 Å². The summed E-state index contributed by atoms with van der Waals surface area (Å²) in [5.41, 5.74) is 3.19. The summed E-state index contributed by atoms with van der Waals surface area (Å²) in [6.07, 6.45) is 2.67. The topological polar surface area (TPSA) is 26.3 Å². The standard InChI is InChI=1S/C16H19ClO2/c1-16(2)9-8-13(15(18)19-3)14(10-16)11-4-6-12(17)7-5-11/h4-7H,8-10H2,1-3H3. The largest absolute Gasteiger partial charge is 0.466 e. The Balaban J connectivity index is 2.47. The van der Waals surface area contributed by atoms with Gasteiger partial charge >= 0.3 is 5.97 Å². The smallest absolute Gasteiger partial charge is 0.334 e. The number of carbonyl (C=O) groups is 1. The van der Waals surface area contributed by atoms with Crippen molar-refractivity contribution in [2.24, 2.45) is 5.41 Å². The maximum absolute atomic E-state index is 11.9. The zero-order chi connectivity index (χ0) is 14.0. The Kier molecular flexibility index (Phi) is 4.00. The fourth-order valence-electron chi connectivity index (χ4n) is 2.56. The lowest BCUT2D eigenvalue weighted by Gasteiger charge is -2.32. The summed E-state index contributed by atoms with van der Waals surface area (Å²) in [5, 5.41) is 0.707. The molecule has 1 aromatic rings. The Hall–Kier alpha value is -1.28. The van der Waals surface area contributed by atoms with Crippen LogP contribution in [0.15, 0.2) is 29.8 Å². The van der Waals surface area contributed by atoms with Gasteiger partial charge in [-0.2, -0.15) is 0 Å². The molecular formula is C16H19ClO2. The normalized spacial score (nSPS) is 18.3. The van der Waals surface area contributed by atoms with Crippen LogP contribution in [0.25, 0.3) is 5.57 Å². The van der Waals surface area contributed by atoms with Crippen LogP contribution in [0.4, 0.5) is 0 Å². The second-order valence-electron chi connectivity index (χ2n) is 5.80. The predicted molar refractivity (Wildman–Crippen MR) is 78.0 cm³/mol. The first-order chi connectivity index (χ1) is 8.93. The van der Waals surface area contributed by atoms with Crippen LogP contribution >= 0.6 is 11.6 Å². The van der Waals surface area contributed by atoms with Crippen LogP contribution in [0.5, 0.6) is 0 Å². The van der Waals surface area contributed by atoms with Gasteiger partial charge in [-0.15, -0.1) is 0 Å². The first kappa shape index (κ1) is 14.1. The highest BCUT2D eigenvalue weighted by Crippen LogP contribution is 2.43. The summed E-state index contributed by atoms with van der Waals surface area (Å²) in [7, 11) is 1.44. The molecule has 0 unspecified atom stereocenters. The molecule has 0 fully saturated rings. The number of methoxy groups -OCH3 is 1. The van der Waals surface area contributed by atoms with Gasteiger partial charge in [0.2, 0.25) is 0 Å². The number of rotatable bonds is 2. The van der Waals surface area contributed by atoms with Crippen molar-refractivity contribution in [2.75, 3.05) is 7.11 Å². The van der Waals surface area contributed by atoms with Gasteiger partial charge in [-0.05, 0) is 47.9 Å². The van der Waals surface area contributed by atoms with E-state index in [1.54, 1.807) is 0 Å². The molecule has 0 atom stereocenters. The van der Waals surface area contributed by atoms with E-state index in [9.17, 15) is 4.79 Å². The molecule has 0 aliphatic heterocycles. The van der Waals surface area contributed by atoms with Crippen molar-refractivity contribution in [3.8, 4) is 0 Å². The van der Waals surface area contributed by atoms with Gasteiger partial charge in [-0.1, -0.05) is 37.6 Å². The second kappa shape index (κ2) is 5.38. The van der Waals surface area contributed by atoms with Gasteiger partial charge in [0.15, 0.2) is 0 Å². The number of hydrogen-bond donors (Lipinski definition) is 0. The van der Waals surface area contributed by atoms with Crippen LogP contribution in [0.1, 0.15) is 38.7 Å². The van der Waals surface area contributed by atoms with E-state index in [0.29, 0.717) is 5.02 Å². The number of ether oxygens (including phenoxy) is 1. The number of halogens is 1. The van der Waals surface area contributed by atoms with Crippen molar-refractivity contribution < 1.29 is 9.53 Å². The number of allylic oxidation sites excluding steroid dienone is 1. The van der Waals surface area contributed by atoms with Crippen LogP contribution in [-0.2, 0) is 9.53 Å². The maximum atomic E-state index is 11.9. The van der Waals surface area contributed by atoms with E-state index in [1.807, 2.05) is 24.3 Å². The van der Waals surface area contributed by atoms with Crippen LogP contribution in [0.2, 0.25) is 5.02 Å². The van der Waals surface area contributed by atoms with Gasteiger partial charge in [0.25, 0.3) is 0 Å². The highest BCUT2D eigenvalue weighted by molar-refractivity contribution is 6.30. The van der Waals surface area contributed by atoms with Crippen molar-refractivity contribution >= 4 is 23.1 Å². The van der Waals surface area contributed by atoms with Crippen molar-refractivity contribution in [3.63, 3.8) is 0 Å². The van der Waals surface area contributed by atoms with E-state index < -0.39 is 0 Å². The lowest BCUT2D eigenvalue weighted by Crippen LogP contribution is -2.21. The molecule has 0 spiro atoms. The Morgan fingerprint density at radius 3 is 2.47 bits per heavy atom. The van der Waals surface area contributed by atoms with Gasteiger partial charge in [0.05, 0.1) is 7.11 Å². The van der Waals surface area contributed by atoms with E-state index in [2.05, 4.69) is 13.8 Å². The molecule has 1 aliphatic carbocycles. The van der Waals surface area contributed by atoms with E-state index in [0.717, 1.165) is 36.0 Å². The van der Waals surface area contributed by atoms with Crippen molar-refractivity contribution in [3.05, 3.63) is 40.4 Å². The summed E-state index contributed by atoms with van der Waals surface area (Å²) >= 11 is 5.93. The van der Waals surface area contributed by atoms with Crippen molar-refractivity contribution in [1.29, 1.82) is 0 Å². The first-order valence-corrected chi connectivity index (χ1v) is 6.87. The fraction of sp³-hybridized carbons (Fsp3) is 0.438. The number of hydrogen-bond acceptors (Lipinski definition) is 2. The van der Waals surface area contributed by atoms with Crippen LogP contribution < -0.4 is 0 Å². The second-order valence-corrected chi connectivity index (χ2v) is 6.23. The van der Waals surface area contributed by atoms with E-state index in [-0.39, 0.29) is 11.4 Å². The zero-order valence-electron chi connectivity index (χ0n) is 11.6. The third-order valence-electron chi connectivity index (χ3n) is 3.70. The summed E-state index contributed by atoms with van der Waals surface area (Å²) in [5.74, 6) is -0.208. The average molecular weight is 279 g/mol. The molecule has 0 heterocycles. The molecule has 0 amide bonds. The lowest BCUT2D eigenvalue weighted by molar-refractivity contribution is -0.136. The summed E-state index contributed by atoms with van der Waals surface area (Å²) in [6.45, 7) is 4.47. The summed E-state index contributed by atoms with van der Waals surface area (Å²) < 4.78 is 4.91. The molecule has 0 aromatic heterocycles. The minimum atomic E-state index is -0.208. The van der Waals surface area contributed by atoms with E-state index >= 15 is 0 Å². The minimum Gasteiger partial charge on any atom is -0.466 e. The molecule has 1 aliphatic rings. The highest BCUT2D eigenvalue weighted by Gasteiger charge is 2.30. The van der Waals surface area contributed by atoms with Crippen molar-refractivity contribution in [1.82, 2.24) is 0 Å². The minimum absolute atomic E-state index is 0.208. The molecule has 2 nitrogen and oxygen atoms in total. The Morgan fingerprint density at radius 2 is 1.89 bits per heavy atom. The number of benzene rings is 1. The lowest BCUT2D eigenvalue weighted by atomic mass is 9.72. The van der Waals surface area contributed by atoms with E-state index in [1.165, 1.54) is 7.11 Å². The predicted octanol–water partition coefficient (Wildman–Crippen LogP) is 4.48. The summed E-state index contributed by atoms with van der Waals surface area (Å²) in [4.78, 5) is 11.9. The Labute approximate surface area is 119 Å². The third kappa shape index (κ3) is 3.19. The fourth-order valence-corrected chi connectivity index (χ4v) is 2.69. The van der Waals surface area contributed by atoms with Crippen LogP contribution in [0.3, 0.4) is 0 Å². The van der Waals surface area contributed by atoms with Gasteiger partial charge < -0.3 is 4.74 Å². The molecule has 0 N–H and O–H groups in total. The molecule has 0 radical (unpaired) electrons. The van der Waals surface area contributed by atoms with Gasteiger partial charge in [0, 0.05) is 10.6 Å². The Bertz CT molecular complexity index is 512. The first-order valence-electron chi connectivity index (χ1n) is 6.49. The highest BCUT2D eigenvalue weighted by atomic mass is 35.5. The van der Waals surface area contributed by atoms with Crippen LogP contribution in [-0.4, -0.2) is 13.1 Å². The SMILES string of the molecule is COC(=O)C1=C(c2ccc(Cl)cc2)CC(C)(C)CC1. The molecule has 19 heavy (non-hydrogen) atoms. The molecule has 102 valence electrons. The average Bonchev–Trinajstić information content (AvgIpc) is 2.38. The quantitative estimate of drug-likeness (QED) is 0.746. The number of carbonyl (C=O) groups excluding carboxylic acids is 1. The summed E-state index contributed by atoms with van der Waals surface area (Å²) in [6, 6.07) is 7.67. The molecule has 0 saturated heterocycles. The molecule has 2 rings (SSSR count). The molecule has 3 heteroatoms. The maximum Gasteiger partial charge on any atom is 0.334 e.